The molecular formula is C59H80N18O14. The van der Waals surface area contributed by atoms with Gasteiger partial charge in [0.1, 0.15) is 41.9 Å². The lowest BCUT2D eigenvalue weighted by Gasteiger charge is -2.25. The maximum atomic E-state index is 12.1. The average molecular weight is 1270 g/mol. The Morgan fingerprint density at radius 3 is 1.32 bits per heavy atom. The van der Waals surface area contributed by atoms with Gasteiger partial charge in [0.2, 0.25) is 0 Å². The summed E-state index contributed by atoms with van der Waals surface area (Å²) < 4.78 is 42.7. The predicted molar refractivity (Wildman–Crippen MR) is 330 cm³/mol. The number of anilines is 3. The van der Waals surface area contributed by atoms with Gasteiger partial charge >= 0.3 is 23.9 Å². The molecule has 0 atom stereocenters. The van der Waals surface area contributed by atoms with Crippen molar-refractivity contribution in [2.45, 2.75) is 169 Å². The van der Waals surface area contributed by atoms with Crippen molar-refractivity contribution >= 4 is 79.9 Å². The maximum absolute atomic E-state index is 12.1. The van der Waals surface area contributed by atoms with Crippen molar-refractivity contribution in [1.29, 1.82) is 0 Å². The predicted octanol–water partition coefficient (Wildman–Crippen LogP) is 6.90. The van der Waals surface area contributed by atoms with E-state index in [0.717, 1.165) is 90.6 Å². The number of esters is 2. The van der Waals surface area contributed by atoms with Crippen molar-refractivity contribution < 1.29 is 67.3 Å². The van der Waals surface area contributed by atoms with Gasteiger partial charge in [-0.05, 0) is 101 Å². The number of nitrogens with zero attached hydrogens (tertiary/aromatic N) is 14. The topological polar surface area (TPSA) is 420 Å². The number of carboxylic acid groups (broad SMARTS) is 2. The zero-order chi connectivity index (χ0) is 65.4. The van der Waals surface area contributed by atoms with E-state index in [1.165, 1.54) is 6.20 Å². The second-order valence-electron chi connectivity index (χ2n) is 23.4. The fourth-order valence-corrected chi connectivity index (χ4v) is 9.94. The first-order chi connectivity index (χ1) is 43.5. The van der Waals surface area contributed by atoms with Crippen LogP contribution < -0.4 is 21.7 Å². The van der Waals surface area contributed by atoms with E-state index >= 15 is 0 Å². The highest BCUT2D eigenvalue weighted by molar-refractivity contribution is 6.03. The zero-order valence-electron chi connectivity index (χ0n) is 52.6. The van der Waals surface area contributed by atoms with Gasteiger partial charge < -0.3 is 69.8 Å². The number of rotatable bonds is 18. The number of hydrogen-bond acceptors (Lipinski definition) is 26. The highest BCUT2D eigenvalue weighted by atomic mass is 16.6. The van der Waals surface area contributed by atoms with Gasteiger partial charge in [0.05, 0.1) is 62.9 Å². The Kier molecular flexibility index (Phi) is 22.9. The molecule has 32 heteroatoms. The number of fused-ring (bicyclic) bond motifs is 3. The van der Waals surface area contributed by atoms with Crippen molar-refractivity contribution in [3.05, 3.63) is 54.4 Å². The Balaban J connectivity index is 0.000000164. The molecule has 11 heterocycles. The largest absolute Gasteiger partial charge is 0.481 e. The molecule has 490 valence electrons. The van der Waals surface area contributed by atoms with E-state index in [9.17, 15) is 24.3 Å². The molecule has 32 nitrogen and oxygen atoms in total. The molecule has 0 bridgehead atoms. The lowest BCUT2D eigenvalue weighted by molar-refractivity contribution is -0.154. The third-order valence-corrected chi connectivity index (χ3v) is 14.1. The number of aromatic nitrogens is 13. The molecule has 0 aromatic carbocycles. The molecular weight excluding hydrogens is 1180 g/mol. The highest BCUT2D eigenvalue weighted by Crippen LogP contribution is 2.37. The van der Waals surface area contributed by atoms with Crippen LogP contribution in [-0.2, 0) is 70.5 Å². The quantitative estimate of drug-likeness (QED) is 0.0151. The van der Waals surface area contributed by atoms with Gasteiger partial charge in [0, 0.05) is 96.0 Å². The van der Waals surface area contributed by atoms with Crippen LogP contribution in [0.15, 0.2) is 51.4 Å². The number of hydrogen-bond donors (Lipinski definition) is 7. The van der Waals surface area contributed by atoms with Gasteiger partial charge in [-0.1, -0.05) is 15.5 Å². The number of aromatic carboxylic acids is 1. The Morgan fingerprint density at radius 1 is 0.571 bits per heavy atom. The second-order valence-corrected chi connectivity index (χ2v) is 23.4. The lowest BCUT2D eigenvalue weighted by atomic mass is 10.1. The van der Waals surface area contributed by atoms with Crippen LogP contribution in [0.25, 0.3) is 56.0 Å². The molecule has 3 aliphatic heterocycles. The first kappa shape index (κ1) is 67.5. The second kappa shape index (κ2) is 30.9. The molecule has 8 N–H and O–H groups in total. The molecule has 3 fully saturated rings. The summed E-state index contributed by atoms with van der Waals surface area (Å²) in [4.78, 5) is 67.4. The normalized spacial score (nSPS) is 15.2. The minimum Gasteiger partial charge on any atom is -0.481 e. The van der Waals surface area contributed by atoms with Crippen LogP contribution in [0.5, 0.6) is 0 Å². The number of ether oxygens (including phenoxy) is 5. The van der Waals surface area contributed by atoms with Crippen molar-refractivity contribution in [3.63, 3.8) is 0 Å². The Morgan fingerprint density at radius 2 is 0.945 bits per heavy atom. The van der Waals surface area contributed by atoms with Crippen LogP contribution in [0.2, 0.25) is 0 Å². The molecule has 0 radical (unpaired) electrons. The number of nitrogens with one attached hydrogen (secondary N) is 3. The number of aliphatic carboxylic acids is 1. The fourth-order valence-electron chi connectivity index (χ4n) is 9.94. The van der Waals surface area contributed by atoms with Crippen molar-refractivity contribution in [3.8, 4) is 22.9 Å². The standard InChI is InChI=1S/C21H28N6O4.C17H20N6O4.C14H18N4O3.C7H14N2O3/c1-5-27-19-14(12-23-27)18(24-13-6-8-29-9-7-13)15(11-22-19)20-25-16(26-31-20)10-17(28)30-21(2,3)4;1-2-23-16-11(9-19-23)15(20-10-3-5-26-6-4-10)12(8-18-16)17-21-13(22-27-17)7-14(24)25;1-2-18-13-10(8-16-18)12(11(7-15-13)14(19)20)17-9-3-5-21-6-4-9;1-7(2,3)12-6(10)4-5(8)9-11/h11-13H,5-10H2,1-4H3,(H,22,24);8-10H,2-7H2,1H3,(H,18,20)(H,24,25);7-9H,2-6H2,1H3,(H,15,17)(H,19,20);11H,4H2,1-3H3,(H2,8,9). The van der Waals surface area contributed by atoms with Crippen LogP contribution in [0.1, 0.15) is 129 Å². The van der Waals surface area contributed by atoms with E-state index in [1.807, 2.05) is 50.9 Å². The van der Waals surface area contributed by atoms with E-state index in [-0.39, 0.29) is 66.3 Å². The third kappa shape index (κ3) is 18.4. The summed E-state index contributed by atoms with van der Waals surface area (Å²) in [5.41, 5.74) is 10.0. The fraction of sp³-hybridized carbons (Fsp3) is 0.542. The molecule has 3 saturated heterocycles. The van der Waals surface area contributed by atoms with Crippen LogP contribution in [0, 0.1) is 0 Å². The number of carboxylic acids is 2. The number of amidine groups is 1. The molecule has 11 rings (SSSR count). The van der Waals surface area contributed by atoms with Crippen LogP contribution in [-0.4, -0.2) is 179 Å². The molecule has 0 unspecified atom stereocenters. The van der Waals surface area contributed by atoms with E-state index in [2.05, 4.69) is 71.6 Å². The molecule has 0 saturated carbocycles. The van der Waals surface area contributed by atoms with Crippen LogP contribution in [0.4, 0.5) is 17.1 Å². The summed E-state index contributed by atoms with van der Waals surface area (Å²) >= 11 is 0. The summed E-state index contributed by atoms with van der Waals surface area (Å²) in [7, 11) is 0. The Bertz CT molecular complexity index is 3780. The van der Waals surface area contributed by atoms with Crippen LogP contribution in [0.3, 0.4) is 0 Å². The van der Waals surface area contributed by atoms with Gasteiger partial charge in [-0.3, -0.25) is 14.4 Å². The number of aryl methyl sites for hydroxylation is 3. The number of carbonyl (C=O) groups is 4. The Labute approximate surface area is 522 Å². The summed E-state index contributed by atoms with van der Waals surface area (Å²) in [6.07, 6.45) is 14.8. The number of oxime groups is 1. The number of nitrogens with two attached hydrogens (primary N) is 1. The molecule has 0 spiro atoms. The lowest BCUT2D eigenvalue weighted by Crippen LogP contribution is -2.28. The highest BCUT2D eigenvalue weighted by Gasteiger charge is 2.27. The van der Waals surface area contributed by atoms with Gasteiger partial charge in [-0.15, -0.1) is 0 Å². The van der Waals surface area contributed by atoms with Gasteiger partial charge in [0.15, 0.2) is 28.6 Å². The molecule has 0 aliphatic carbocycles. The minimum atomic E-state index is -1.01. The Hall–Kier alpha value is -9.43. The average Bonchev–Trinajstić information content (AvgIpc) is 1.71. The van der Waals surface area contributed by atoms with Crippen molar-refractivity contribution in [1.82, 2.24) is 64.6 Å². The number of carbonyl (C=O) groups excluding carboxylic acids is 2. The molecule has 8 aromatic heterocycles. The molecule has 3 aliphatic rings. The van der Waals surface area contributed by atoms with Crippen molar-refractivity contribution in [2.24, 2.45) is 10.9 Å². The van der Waals surface area contributed by atoms with Gasteiger partial charge in [-0.25, -0.2) is 33.8 Å². The smallest absolute Gasteiger partial charge is 0.339 e. The minimum absolute atomic E-state index is 0.0626. The molecule has 8 aromatic rings. The van der Waals surface area contributed by atoms with Gasteiger partial charge in [-0.2, -0.15) is 25.3 Å². The monoisotopic (exact) mass is 1260 g/mol. The maximum Gasteiger partial charge on any atom is 0.339 e. The summed E-state index contributed by atoms with van der Waals surface area (Å²) in [5.74, 6) is -2.13. The van der Waals surface area contributed by atoms with Crippen molar-refractivity contribution in [2.75, 3.05) is 55.6 Å². The summed E-state index contributed by atoms with van der Waals surface area (Å²) in [5, 5.41) is 63.0. The van der Waals surface area contributed by atoms with E-state index in [4.69, 9.17) is 48.8 Å². The summed E-state index contributed by atoms with van der Waals surface area (Å²) in [6, 6.07) is 0.717. The van der Waals surface area contributed by atoms with E-state index in [0.29, 0.717) is 74.4 Å². The van der Waals surface area contributed by atoms with E-state index < -0.39 is 35.1 Å². The number of pyridine rings is 3. The zero-order valence-corrected chi connectivity index (χ0v) is 52.6. The first-order valence-corrected chi connectivity index (χ1v) is 30.1. The molecule has 0 amide bonds. The van der Waals surface area contributed by atoms with E-state index in [1.54, 1.807) is 56.4 Å². The third-order valence-electron chi connectivity index (χ3n) is 14.1. The van der Waals surface area contributed by atoms with Gasteiger partial charge in [0.25, 0.3) is 11.8 Å². The molecule has 91 heavy (non-hydrogen) atoms. The SMILES string of the molecule is CC(C)(C)OC(=O)CC(N)=NO.CCn1ncc2c(NC3CCOCC3)c(-c3nc(CC(=O)O)no3)cnc21.CCn1ncc2c(NC3CCOCC3)c(-c3nc(CC(=O)OC(C)(C)C)no3)cnc21.CCn1ncc2c(NC3CCOCC3)c(C(=O)O)cnc21. The van der Waals surface area contributed by atoms with Crippen LogP contribution >= 0.6 is 0 Å². The first-order valence-electron chi connectivity index (χ1n) is 30.1. The summed E-state index contributed by atoms with van der Waals surface area (Å²) in [6.45, 7) is 23.1.